The maximum Gasteiger partial charge on any atom is 0.430 e. The summed E-state index contributed by atoms with van der Waals surface area (Å²) in [5.41, 5.74) is -4.06. The Balaban J connectivity index is 2.58. The van der Waals surface area contributed by atoms with Gasteiger partial charge in [0.2, 0.25) is 0 Å². The quantitative estimate of drug-likeness (QED) is 0.762. The lowest BCUT2D eigenvalue weighted by molar-refractivity contribution is -0.271. The van der Waals surface area contributed by atoms with Crippen LogP contribution < -0.4 is 0 Å². The molecular formula is C18H22F3NO4. The number of rotatable bonds is 4. The average Bonchev–Trinajstić information content (AvgIpc) is 2.90. The Labute approximate surface area is 150 Å². The van der Waals surface area contributed by atoms with Gasteiger partial charge >= 0.3 is 12.1 Å². The average molecular weight is 373 g/mol. The van der Waals surface area contributed by atoms with Crippen molar-refractivity contribution < 1.29 is 32.2 Å². The highest BCUT2D eigenvalue weighted by Crippen LogP contribution is 2.46. The van der Waals surface area contributed by atoms with Gasteiger partial charge in [0.25, 0.3) is 11.5 Å². The Kier molecular flexibility index (Phi) is 5.37. The maximum atomic E-state index is 14.1. The summed E-state index contributed by atoms with van der Waals surface area (Å²) in [5.74, 6) is -2.07. The maximum absolute atomic E-state index is 14.1. The molecule has 26 heavy (non-hydrogen) atoms. The largest absolute Gasteiger partial charge is 0.467 e. The molecule has 0 saturated carbocycles. The second-order valence-corrected chi connectivity index (χ2v) is 7.09. The predicted molar refractivity (Wildman–Crippen MR) is 87.1 cm³/mol. The van der Waals surface area contributed by atoms with Crippen LogP contribution in [0.25, 0.3) is 0 Å². The van der Waals surface area contributed by atoms with Crippen LogP contribution in [0.1, 0.15) is 25.8 Å². The van der Waals surface area contributed by atoms with Gasteiger partial charge in [-0.2, -0.15) is 13.2 Å². The fourth-order valence-electron chi connectivity index (χ4n) is 3.43. The van der Waals surface area contributed by atoms with Crippen LogP contribution in [-0.4, -0.2) is 49.8 Å². The monoisotopic (exact) mass is 373 g/mol. The van der Waals surface area contributed by atoms with E-state index < -0.39 is 35.1 Å². The molecule has 0 bridgehead atoms. The van der Waals surface area contributed by atoms with Crippen LogP contribution in [0.4, 0.5) is 13.2 Å². The van der Waals surface area contributed by atoms with E-state index in [4.69, 9.17) is 9.47 Å². The molecule has 1 aliphatic heterocycles. The minimum absolute atomic E-state index is 0.0143. The molecule has 1 heterocycles. The van der Waals surface area contributed by atoms with Crippen molar-refractivity contribution in [1.82, 2.24) is 4.90 Å². The first kappa shape index (κ1) is 20.2. The lowest BCUT2D eigenvalue weighted by Crippen LogP contribution is -2.59. The fourth-order valence-corrected chi connectivity index (χ4v) is 3.43. The van der Waals surface area contributed by atoms with E-state index in [9.17, 15) is 22.8 Å². The normalized spacial score (nSPS) is 22.0. The third-order valence-corrected chi connectivity index (χ3v) is 4.64. The number of halogens is 3. The van der Waals surface area contributed by atoms with Crippen LogP contribution in [0.2, 0.25) is 0 Å². The molecule has 0 N–H and O–H groups in total. The van der Waals surface area contributed by atoms with E-state index in [2.05, 4.69) is 0 Å². The summed E-state index contributed by atoms with van der Waals surface area (Å²) in [6.45, 7) is 3.54. The molecule has 0 unspecified atom stereocenters. The Morgan fingerprint density at radius 3 is 2.19 bits per heavy atom. The number of methoxy groups -OCH3 is 2. The number of likely N-dealkylation sites (tertiary alicyclic amines) is 1. The highest BCUT2D eigenvalue weighted by Gasteiger charge is 2.65. The minimum atomic E-state index is -5.02. The third kappa shape index (κ3) is 3.30. The van der Waals surface area contributed by atoms with Gasteiger partial charge in [-0.3, -0.25) is 4.79 Å². The van der Waals surface area contributed by atoms with Gasteiger partial charge in [0.1, 0.15) is 6.04 Å². The fraction of sp³-hybridized carbons (Fsp3) is 0.556. The molecule has 2 atom stereocenters. The number of hydrogen-bond donors (Lipinski definition) is 0. The van der Waals surface area contributed by atoms with Crippen LogP contribution >= 0.6 is 0 Å². The molecule has 1 aromatic carbocycles. The molecule has 1 amide bonds. The predicted octanol–water partition coefficient (Wildman–Crippen LogP) is 2.89. The number of esters is 1. The van der Waals surface area contributed by atoms with Gasteiger partial charge in [0, 0.05) is 19.2 Å². The number of ether oxygens (including phenoxy) is 2. The third-order valence-electron chi connectivity index (χ3n) is 4.64. The van der Waals surface area contributed by atoms with Crippen LogP contribution in [0, 0.1) is 5.41 Å². The van der Waals surface area contributed by atoms with Crippen molar-refractivity contribution in [3.8, 4) is 0 Å². The molecule has 1 aromatic rings. The van der Waals surface area contributed by atoms with Gasteiger partial charge in [-0.1, -0.05) is 44.2 Å². The summed E-state index contributed by atoms with van der Waals surface area (Å²) in [4.78, 5) is 26.1. The Morgan fingerprint density at radius 2 is 1.73 bits per heavy atom. The van der Waals surface area contributed by atoms with Gasteiger partial charge in [0.05, 0.1) is 7.11 Å². The van der Waals surface area contributed by atoms with Gasteiger partial charge in [-0.05, 0) is 11.8 Å². The Morgan fingerprint density at radius 1 is 1.15 bits per heavy atom. The topological polar surface area (TPSA) is 55.8 Å². The molecule has 8 heteroatoms. The van der Waals surface area contributed by atoms with Crippen molar-refractivity contribution in [2.45, 2.75) is 38.1 Å². The molecule has 0 spiro atoms. The van der Waals surface area contributed by atoms with Crippen molar-refractivity contribution in [3.63, 3.8) is 0 Å². The van der Waals surface area contributed by atoms with Gasteiger partial charge in [-0.25, -0.2) is 4.79 Å². The van der Waals surface area contributed by atoms with E-state index in [1.807, 2.05) is 0 Å². The lowest BCUT2D eigenvalue weighted by Gasteiger charge is -2.38. The highest BCUT2D eigenvalue weighted by atomic mass is 19.4. The number of alkyl halides is 3. The molecule has 144 valence electrons. The lowest BCUT2D eigenvalue weighted by atomic mass is 9.90. The smallest absolute Gasteiger partial charge is 0.430 e. The SMILES string of the molecule is COC(=O)[C@@H]1CC(C)(C)CN1C(=O)[C@](OC)(c1ccccc1)C(F)(F)F. The summed E-state index contributed by atoms with van der Waals surface area (Å²) in [5, 5.41) is 0. The molecular weight excluding hydrogens is 351 g/mol. The first-order chi connectivity index (χ1) is 12.0. The summed E-state index contributed by atoms with van der Waals surface area (Å²) in [6, 6.07) is 5.61. The number of hydrogen-bond acceptors (Lipinski definition) is 4. The van der Waals surface area contributed by atoms with Gasteiger partial charge < -0.3 is 14.4 Å². The molecule has 1 fully saturated rings. The molecule has 1 aliphatic rings. The highest BCUT2D eigenvalue weighted by molar-refractivity contribution is 5.92. The number of amides is 1. The van der Waals surface area contributed by atoms with Gasteiger partial charge in [-0.15, -0.1) is 0 Å². The van der Waals surface area contributed by atoms with Crippen molar-refractivity contribution in [2.24, 2.45) is 5.41 Å². The van der Waals surface area contributed by atoms with E-state index in [1.165, 1.54) is 24.3 Å². The summed E-state index contributed by atoms with van der Waals surface area (Å²) in [7, 11) is 1.98. The van der Waals surface area contributed by atoms with Crippen LogP contribution in [0.3, 0.4) is 0 Å². The molecule has 0 radical (unpaired) electrons. The van der Waals surface area contributed by atoms with E-state index in [-0.39, 0.29) is 18.5 Å². The zero-order chi connectivity index (χ0) is 19.8. The van der Waals surface area contributed by atoms with Crippen LogP contribution in [0.15, 0.2) is 30.3 Å². The minimum Gasteiger partial charge on any atom is -0.467 e. The zero-order valence-electron chi connectivity index (χ0n) is 15.1. The first-order valence-electron chi connectivity index (χ1n) is 8.06. The van der Waals surface area contributed by atoms with Crippen molar-refractivity contribution in [2.75, 3.05) is 20.8 Å². The standard InChI is InChI=1S/C18H22F3NO4/c1-16(2)10-13(14(23)25-3)22(11-16)15(24)17(26-4,18(19,20)21)12-8-6-5-7-9-12/h5-9,13H,10-11H2,1-4H3/t13-,17+/m0/s1. The van der Waals surface area contributed by atoms with Gasteiger partial charge in [0.15, 0.2) is 0 Å². The number of carbonyl (C=O) groups excluding carboxylic acids is 2. The van der Waals surface area contributed by atoms with E-state index in [1.54, 1.807) is 19.9 Å². The Bertz CT molecular complexity index is 675. The van der Waals surface area contributed by atoms with E-state index >= 15 is 0 Å². The van der Waals surface area contributed by atoms with Crippen LogP contribution in [-0.2, 0) is 24.7 Å². The summed E-state index contributed by atoms with van der Waals surface area (Å²) < 4.78 is 51.8. The summed E-state index contributed by atoms with van der Waals surface area (Å²) >= 11 is 0. The first-order valence-corrected chi connectivity index (χ1v) is 8.06. The van der Waals surface area contributed by atoms with E-state index in [0.29, 0.717) is 0 Å². The molecule has 0 aromatic heterocycles. The molecule has 0 aliphatic carbocycles. The summed E-state index contributed by atoms with van der Waals surface area (Å²) in [6.07, 6.45) is -4.81. The molecule has 5 nitrogen and oxygen atoms in total. The second-order valence-electron chi connectivity index (χ2n) is 7.09. The van der Waals surface area contributed by atoms with E-state index in [0.717, 1.165) is 19.1 Å². The van der Waals surface area contributed by atoms with Crippen LogP contribution in [0.5, 0.6) is 0 Å². The number of carbonyl (C=O) groups is 2. The molecule has 2 rings (SSSR count). The second kappa shape index (κ2) is 6.90. The number of benzene rings is 1. The number of nitrogens with zero attached hydrogens (tertiary/aromatic N) is 1. The van der Waals surface area contributed by atoms with Crippen molar-refractivity contribution in [1.29, 1.82) is 0 Å². The zero-order valence-corrected chi connectivity index (χ0v) is 15.1. The molecule has 1 saturated heterocycles. The van der Waals surface area contributed by atoms with Crippen molar-refractivity contribution in [3.05, 3.63) is 35.9 Å². The van der Waals surface area contributed by atoms with Crippen molar-refractivity contribution >= 4 is 11.9 Å². The Hall–Kier alpha value is -2.09.